The number of nitrogens with one attached hydrogen (secondary N) is 3. The van der Waals surface area contributed by atoms with E-state index in [1.54, 1.807) is 7.05 Å². The number of aliphatic imine (C=N–C) groups is 1. The molecule has 146 valence electrons. The molecule has 6 nitrogen and oxygen atoms in total. The molecular weight excluding hydrogens is 328 g/mol. The van der Waals surface area contributed by atoms with Crippen LogP contribution in [0.2, 0.25) is 0 Å². The van der Waals surface area contributed by atoms with Crippen LogP contribution in [-0.2, 0) is 9.47 Å². The van der Waals surface area contributed by atoms with Crippen molar-refractivity contribution in [2.75, 3.05) is 46.6 Å². The molecule has 1 saturated heterocycles. The van der Waals surface area contributed by atoms with Gasteiger partial charge in [-0.1, -0.05) is 30.3 Å². The van der Waals surface area contributed by atoms with Gasteiger partial charge in [0.05, 0.1) is 6.61 Å². The number of hydrogen-bond donors (Lipinski definition) is 3. The molecule has 1 fully saturated rings. The highest BCUT2D eigenvalue weighted by Crippen LogP contribution is 2.25. The summed E-state index contributed by atoms with van der Waals surface area (Å²) in [5.41, 5.74) is 1.29. The molecule has 0 spiro atoms. The van der Waals surface area contributed by atoms with Crippen molar-refractivity contribution >= 4 is 5.96 Å². The Morgan fingerprint density at radius 1 is 1.23 bits per heavy atom. The molecule has 1 aromatic rings. The van der Waals surface area contributed by atoms with E-state index in [0.29, 0.717) is 6.61 Å². The molecule has 0 radical (unpaired) electrons. The fourth-order valence-electron chi connectivity index (χ4n) is 3.28. The van der Waals surface area contributed by atoms with Crippen molar-refractivity contribution in [3.05, 3.63) is 35.9 Å². The molecule has 2 rings (SSSR count). The predicted molar refractivity (Wildman–Crippen MR) is 107 cm³/mol. The first-order valence-electron chi connectivity index (χ1n) is 9.62. The van der Waals surface area contributed by atoms with E-state index in [9.17, 15) is 0 Å². The van der Waals surface area contributed by atoms with Crippen LogP contribution in [0.3, 0.4) is 0 Å². The van der Waals surface area contributed by atoms with E-state index in [1.165, 1.54) is 5.56 Å². The van der Waals surface area contributed by atoms with Gasteiger partial charge in [-0.05, 0) is 32.3 Å². The van der Waals surface area contributed by atoms with Crippen LogP contribution in [0.5, 0.6) is 0 Å². The topological polar surface area (TPSA) is 66.9 Å². The van der Waals surface area contributed by atoms with Crippen LogP contribution in [-0.4, -0.2) is 58.1 Å². The molecule has 3 N–H and O–H groups in total. The first-order valence-corrected chi connectivity index (χ1v) is 9.62. The molecule has 26 heavy (non-hydrogen) atoms. The molecule has 0 aliphatic carbocycles. The molecule has 1 aliphatic heterocycles. The number of nitrogens with zero attached hydrogens (tertiary/aromatic N) is 1. The average molecular weight is 363 g/mol. The smallest absolute Gasteiger partial charge is 0.191 e. The highest BCUT2D eigenvalue weighted by molar-refractivity contribution is 5.79. The fourth-order valence-corrected chi connectivity index (χ4v) is 3.28. The van der Waals surface area contributed by atoms with Gasteiger partial charge in [0, 0.05) is 51.5 Å². The van der Waals surface area contributed by atoms with E-state index < -0.39 is 0 Å². The normalized spacial score (nSPS) is 18.3. The minimum absolute atomic E-state index is 0.00888. The van der Waals surface area contributed by atoms with Crippen LogP contribution in [0.4, 0.5) is 0 Å². The van der Waals surface area contributed by atoms with Gasteiger partial charge in [0.1, 0.15) is 0 Å². The van der Waals surface area contributed by atoms with Gasteiger partial charge in [-0.2, -0.15) is 0 Å². The first-order chi connectivity index (χ1) is 12.7. The number of rotatable bonds is 9. The second-order valence-electron chi connectivity index (χ2n) is 6.72. The lowest BCUT2D eigenvalue weighted by Crippen LogP contribution is -2.58. The number of hydrogen-bond acceptors (Lipinski definition) is 4. The van der Waals surface area contributed by atoms with Crippen LogP contribution >= 0.6 is 0 Å². The van der Waals surface area contributed by atoms with Gasteiger partial charge >= 0.3 is 0 Å². The van der Waals surface area contributed by atoms with E-state index >= 15 is 0 Å². The minimum atomic E-state index is -0.00888. The van der Waals surface area contributed by atoms with Gasteiger partial charge in [-0.25, -0.2) is 0 Å². The van der Waals surface area contributed by atoms with Crippen molar-refractivity contribution in [1.82, 2.24) is 16.0 Å². The van der Waals surface area contributed by atoms with Gasteiger partial charge in [-0.15, -0.1) is 0 Å². The van der Waals surface area contributed by atoms with Crippen LogP contribution in [0.1, 0.15) is 38.3 Å². The summed E-state index contributed by atoms with van der Waals surface area (Å²) in [6, 6.07) is 10.9. The summed E-state index contributed by atoms with van der Waals surface area (Å²) in [4.78, 5) is 4.32. The van der Waals surface area contributed by atoms with Crippen LogP contribution in [0.25, 0.3) is 0 Å². The third-order valence-electron chi connectivity index (χ3n) is 4.83. The minimum Gasteiger partial charge on any atom is -0.381 e. The average Bonchev–Trinajstić information content (AvgIpc) is 2.69. The highest BCUT2D eigenvalue weighted by Gasteiger charge is 2.34. The largest absolute Gasteiger partial charge is 0.381 e. The summed E-state index contributed by atoms with van der Waals surface area (Å²) < 4.78 is 11.0. The maximum Gasteiger partial charge on any atom is 0.191 e. The lowest BCUT2D eigenvalue weighted by Gasteiger charge is -2.41. The van der Waals surface area contributed by atoms with Gasteiger partial charge in [0.15, 0.2) is 5.96 Å². The number of guanidine groups is 1. The lowest BCUT2D eigenvalue weighted by atomic mass is 9.88. The lowest BCUT2D eigenvalue weighted by molar-refractivity contribution is 0.0354. The molecule has 0 saturated carbocycles. The Morgan fingerprint density at radius 3 is 2.62 bits per heavy atom. The third kappa shape index (κ3) is 6.59. The zero-order valence-corrected chi connectivity index (χ0v) is 16.4. The van der Waals surface area contributed by atoms with Gasteiger partial charge in [0.25, 0.3) is 0 Å². The summed E-state index contributed by atoms with van der Waals surface area (Å²) >= 11 is 0. The molecule has 6 heteroatoms. The van der Waals surface area contributed by atoms with E-state index in [4.69, 9.17) is 9.47 Å². The predicted octanol–water partition coefficient (Wildman–Crippen LogP) is 2.09. The van der Waals surface area contributed by atoms with Gasteiger partial charge in [0.2, 0.25) is 0 Å². The zero-order valence-electron chi connectivity index (χ0n) is 16.4. The van der Waals surface area contributed by atoms with Crippen molar-refractivity contribution in [3.63, 3.8) is 0 Å². The Morgan fingerprint density at radius 2 is 1.96 bits per heavy atom. The second-order valence-corrected chi connectivity index (χ2v) is 6.72. The summed E-state index contributed by atoms with van der Waals surface area (Å²) in [5.74, 6) is 0.810. The third-order valence-corrected chi connectivity index (χ3v) is 4.83. The molecular formula is C20H34N4O2. The van der Waals surface area contributed by atoms with E-state index in [0.717, 1.165) is 51.7 Å². The number of benzene rings is 1. The zero-order chi connectivity index (χ0) is 18.7. The van der Waals surface area contributed by atoms with Crippen molar-refractivity contribution in [2.24, 2.45) is 4.99 Å². The molecule has 1 aromatic carbocycles. The Kier molecular flexibility index (Phi) is 8.88. The standard InChI is InChI=1S/C20H34N4O2/c1-4-25-15-12-22-19(21-3)23-16-20(10-13-26-14-11-20)24-17(2)18-8-6-5-7-9-18/h5-9,17,24H,4,10-16H2,1-3H3,(H2,21,22,23). The van der Waals surface area contributed by atoms with Crippen LogP contribution < -0.4 is 16.0 Å². The SMILES string of the molecule is CCOCCNC(=NC)NCC1(NC(C)c2ccccc2)CCOCC1. The monoisotopic (exact) mass is 362 g/mol. The van der Waals surface area contributed by atoms with Crippen molar-refractivity contribution < 1.29 is 9.47 Å². The maximum atomic E-state index is 5.61. The van der Waals surface area contributed by atoms with Crippen LogP contribution in [0.15, 0.2) is 35.3 Å². The first kappa shape index (κ1) is 20.7. The Labute approximate surface area is 157 Å². The Bertz CT molecular complexity index is 530. The fraction of sp³-hybridized carbons (Fsp3) is 0.650. The summed E-state index contributed by atoms with van der Waals surface area (Å²) in [5, 5.41) is 10.6. The highest BCUT2D eigenvalue weighted by atomic mass is 16.5. The number of ether oxygens (including phenoxy) is 2. The Balaban J connectivity index is 1.93. The van der Waals surface area contributed by atoms with Gasteiger partial charge < -0.3 is 25.4 Å². The van der Waals surface area contributed by atoms with Crippen LogP contribution in [0, 0.1) is 0 Å². The van der Waals surface area contributed by atoms with E-state index in [1.807, 2.05) is 6.92 Å². The van der Waals surface area contributed by atoms with E-state index in [-0.39, 0.29) is 11.6 Å². The Hall–Kier alpha value is -1.63. The summed E-state index contributed by atoms with van der Waals surface area (Å²) in [6.07, 6.45) is 1.96. The molecule has 1 unspecified atom stereocenters. The molecule has 1 aliphatic rings. The van der Waals surface area contributed by atoms with Crippen molar-refractivity contribution in [1.29, 1.82) is 0 Å². The maximum absolute atomic E-state index is 5.61. The second kappa shape index (κ2) is 11.2. The summed E-state index contributed by atoms with van der Waals surface area (Å²) in [7, 11) is 1.80. The molecule has 1 atom stereocenters. The molecule has 0 bridgehead atoms. The summed E-state index contributed by atoms with van der Waals surface area (Å²) in [6.45, 7) is 8.76. The van der Waals surface area contributed by atoms with Gasteiger partial charge in [-0.3, -0.25) is 4.99 Å². The molecule has 0 amide bonds. The van der Waals surface area contributed by atoms with Crippen molar-refractivity contribution in [2.45, 2.75) is 38.3 Å². The van der Waals surface area contributed by atoms with Crippen molar-refractivity contribution in [3.8, 4) is 0 Å². The quantitative estimate of drug-likeness (QED) is 0.357. The van der Waals surface area contributed by atoms with E-state index in [2.05, 4.69) is 58.2 Å². The molecule has 0 aromatic heterocycles. The molecule has 1 heterocycles.